The number of methoxy groups -OCH3 is 2. The van der Waals surface area contributed by atoms with Crippen LogP contribution in [-0.2, 0) is 16.1 Å². The van der Waals surface area contributed by atoms with Crippen LogP contribution in [0.3, 0.4) is 0 Å². The molecule has 3 rings (SSSR count). The highest BCUT2D eigenvalue weighted by Crippen LogP contribution is 2.34. The molecule has 0 spiro atoms. The second kappa shape index (κ2) is 14.0. The van der Waals surface area contributed by atoms with Gasteiger partial charge in [0.15, 0.2) is 11.5 Å². The quantitative estimate of drug-likeness (QED) is 0.233. The van der Waals surface area contributed by atoms with Gasteiger partial charge >= 0.3 is 0 Å². The number of hydrogen-bond donors (Lipinski definition) is 1. The Kier molecular flexibility index (Phi) is 10.8. The summed E-state index contributed by atoms with van der Waals surface area (Å²) in [5.41, 5.74) is 1.87. The maximum Gasteiger partial charge on any atom is 0.266 e. The number of ether oxygens (including phenoxy) is 2. The lowest BCUT2D eigenvalue weighted by Crippen LogP contribution is -2.33. The molecular weight excluding hydrogens is 496 g/mol. The normalized spacial score (nSPS) is 14.4. The zero-order valence-corrected chi connectivity index (χ0v) is 22.3. The van der Waals surface area contributed by atoms with Crippen LogP contribution >= 0.6 is 24.0 Å². The second-order valence-electron chi connectivity index (χ2n) is 8.28. The van der Waals surface area contributed by atoms with Crippen molar-refractivity contribution in [3.8, 4) is 11.5 Å². The van der Waals surface area contributed by atoms with E-state index in [1.54, 1.807) is 30.1 Å². The van der Waals surface area contributed by atoms with Crippen LogP contribution in [0.4, 0.5) is 0 Å². The molecule has 1 aliphatic rings. The standard InChI is InChI=1S/C27H32N2O5S2/c1-33-22-13-12-21(17-23(22)34-2)18-24-26(32)29(27(35)36-24)14-8-4-7-11-25(31)28(15-16-30)19-20-9-5-3-6-10-20/h3,5-6,9-10,12-13,17-18,30H,4,7-8,11,14-16,19H2,1-2H3. The molecule has 7 nitrogen and oxygen atoms in total. The van der Waals surface area contributed by atoms with Crippen LogP contribution in [0.1, 0.15) is 36.8 Å². The lowest BCUT2D eigenvalue weighted by Gasteiger charge is -2.22. The molecule has 2 aromatic rings. The van der Waals surface area contributed by atoms with Crippen molar-refractivity contribution in [2.75, 3.05) is 33.9 Å². The van der Waals surface area contributed by atoms with Gasteiger partial charge in [-0.25, -0.2) is 0 Å². The molecule has 2 amide bonds. The van der Waals surface area contributed by atoms with Crippen molar-refractivity contribution in [1.82, 2.24) is 9.80 Å². The lowest BCUT2D eigenvalue weighted by atomic mass is 10.1. The van der Waals surface area contributed by atoms with Gasteiger partial charge in [-0.1, -0.05) is 66.8 Å². The minimum Gasteiger partial charge on any atom is -0.493 e. The molecule has 0 aliphatic carbocycles. The van der Waals surface area contributed by atoms with Crippen LogP contribution < -0.4 is 9.47 Å². The fraction of sp³-hybridized carbons (Fsp3) is 0.370. The van der Waals surface area contributed by atoms with E-state index < -0.39 is 0 Å². The van der Waals surface area contributed by atoms with E-state index in [1.165, 1.54) is 11.8 Å². The van der Waals surface area contributed by atoms with E-state index in [1.807, 2.05) is 48.5 Å². The molecule has 0 bridgehead atoms. The number of rotatable bonds is 13. The topological polar surface area (TPSA) is 79.3 Å². The van der Waals surface area contributed by atoms with Gasteiger partial charge < -0.3 is 19.5 Å². The Bertz CT molecular complexity index is 1090. The highest BCUT2D eigenvalue weighted by atomic mass is 32.2. The Hall–Kier alpha value is -2.88. The van der Waals surface area contributed by atoms with Crippen molar-refractivity contribution in [3.05, 3.63) is 64.6 Å². The second-order valence-corrected chi connectivity index (χ2v) is 9.96. The summed E-state index contributed by atoms with van der Waals surface area (Å²) in [7, 11) is 3.15. The van der Waals surface area contributed by atoms with Crippen LogP contribution in [0.5, 0.6) is 11.5 Å². The number of hydrogen-bond acceptors (Lipinski definition) is 7. The van der Waals surface area contributed by atoms with E-state index in [9.17, 15) is 14.7 Å². The minimum atomic E-state index is -0.104. The Labute approximate surface area is 222 Å². The Morgan fingerprint density at radius 2 is 1.83 bits per heavy atom. The number of aliphatic hydroxyl groups is 1. The summed E-state index contributed by atoms with van der Waals surface area (Å²) in [6.07, 6.45) is 4.48. The predicted molar refractivity (Wildman–Crippen MR) is 147 cm³/mol. The molecule has 0 saturated carbocycles. The number of amides is 2. The summed E-state index contributed by atoms with van der Waals surface area (Å²) in [6.45, 7) is 1.26. The summed E-state index contributed by atoms with van der Waals surface area (Å²) >= 11 is 6.73. The SMILES string of the molecule is COc1ccc(C=C2SC(=S)N(CCCCCC(=O)N(CCO)Cc3ccccc3)C2=O)cc1OC. The molecule has 1 aliphatic heterocycles. The maximum absolute atomic E-state index is 12.9. The number of carbonyl (C=O) groups excluding carboxylic acids is 2. The minimum absolute atomic E-state index is 0.0244. The fourth-order valence-corrected chi connectivity index (χ4v) is 5.19. The van der Waals surface area contributed by atoms with Crippen LogP contribution in [0.15, 0.2) is 53.4 Å². The Morgan fingerprint density at radius 1 is 1.08 bits per heavy atom. The zero-order chi connectivity index (χ0) is 25.9. The monoisotopic (exact) mass is 528 g/mol. The molecule has 9 heteroatoms. The molecule has 1 fully saturated rings. The third kappa shape index (κ3) is 7.56. The first-order valence-electron chi connectivity index (χ1n) is 11.9. The average molecular weight is 529 g/mol. The fourth-order valence-electron chi connectivity index (χ4n) is 3.88. The summed E-state index contributed by atoms with van der Waals surface area (Å²) in [4.78, 5) is 29.5. The van der Waals surface area contributed by atoms with Crippen LogP contribution in [-0.4, -0.2) is 65.0 Å². The van der Waals surface area contributed by atoms with Gasteiger partial charge in [-0.2, -0.15) is 0 Å². The highest BCUT2D eigenvalue weighted by molar-refractivity contribution is 8.26. The third-order valence-corrected chi connectivity index (χ3v) is 7.17. The molecule has 36 heavy (non-hydrogen) atoms. The van der Waals surface area contributed by atoms with Crippen molar-refractivity contribution >= 4 is 46.2 Å². The molecule has 2 aromatic carbocycles. The highest BCUT2D eigenvalue weighted by Gasteiger charge is 2.31. The van der Waals surface area contributed by atoms with E-state index in [4.69, 9.17) is 21.7 Å². The van der Waals surface area contributed by atoms with Gasteiger partial charge in [0.25, 0.3) is 5.91 Å². The van der Waals surface area contributed by atoms with E-state index >= 15 is 0 Å². The summed E-state index contributed by atoms with van der Waals surface area (Å²) < 4.78 is 11.1. The number of benzene rings is 2. The van der Waals surface area contributed by atoms with Gasteiger partial charge in [0, 0.05) is 26.1 Å². The molecule has 0 atom stereocenters. The number of thioether (sulfide) groups is 1. The average Bonchev–Trinajstić information content (AvgIpc) is 3.15. The lowest BCUT2D eigenvalue weighted by molar-refractivity contribution is -0.132. The van der Waals surface area contributed by atoms with Gasteiger partial charge in [-0.15, -0.1) is 0 Å². The largest absolute Gasteiger partial charge is 0.493 e. The summed E-state index contributed by atoms with van der Waals surface area (Å²) in [6, 6.07) is 15.2. The molecule has 1 saturated heterocycles. The smallest absolute Gasteiger partial charge is 0.266 e. The van der Waals surface area contributed by atoms with Crippen molar-refractivity contribution in [3.63, 3.8) is 0 Å². The zero-order valence-electron chi connectivity index (χ0n) is 20.6. The van der Waals surface area contributed by atoms with E-state index in [2.05, 4.69) is 0 Å². The van der Waals surface area contributed by atoms with E-state index in [0.717, 1.165) is 24.0 Å². The van der Waals surface area contributed by atoms with Crippen LogP contribution in [0.25, 0.3) is 6.08 Å². The molecule has 0 unspecified atom stereocenters. The van der Waals surface area contributed by atoms with E-state index in [0.29, 0.717) is 53.2 Å². The Balaban J connectivity index is 1.47. The molecule has 1 N–H and O–H groups in total. The maximum atomic E-state index is 12.9. The van der Waals surface area contributed by atoms with Crippen molar-refractivity contribution in [1.29, 1.82) is 0 Å². The number of unbranched alkanes of at least 4 members (excludes halogenated alkanes) is 2. The molecule has 0 radical (unpaired) electrons. The van der Waals surface area contributed by atoms with Gasteiger partial charge in [0.05, 0.1) is 25.7 Å². The first kappa shape index (κ1) is 27.7. The van der Waals surface area contributed by atoms with Crippen molar-refractivity contribution < 1.29 is 24.2 Å². The third-order valence-electron chi connectivity index (χ3n) is 5.79. The number of nitrogens with zero attached hydrogens (tertiary/aromatic N) is 2. The number of carbonyl (C=O) groups is 2. The molecule has 192 valence electrons. The van der Waals surface area contributed by atoms with Crippen molar-refractivity contribution in [2.45, 2.75) is 32.2 Å². The number of thiocarbonyl (C=S) groups is 1. The van der Waals surface area contributed by atoms with Crippen LogP contribution in [0.2, 0.25) is 0 Å². The first-order valence-corrected chi connectivity index (χ1v) is 13.1. The van der Waals surface area contributed by atoms with E-state index in [-0.39, 0.29) is 18.4 Å². The molecule has 1 heterocycles. The summed E-state index contributed by atoms with van der Waals surface area (Å²) in [5.74, 6) is 1.14. The van der Waals surface area contributed by atoms with Crippen molar-refractivity contribution in [2.24, 2.45) is 0 Å². The van der Waals surface area contributed by atoms with Gasteiger partial charge in [0.2, 0.25) is 5.91 Å². The van der Waals surface area contributed by atoms with Crippen LogP contribution in [0, 0.1) is 0 Å². The van der Waals surface area contributed by atoms with Gasteiger partial charge in [-0.3, -0.25) is 14.5 Å². The van der Waals surface area contributed by atoms with Gasteiger partial charge in [-0.05, 0) is 42.2 Å². The molecular formula is C27H32N2O5S2. The van der Waals surface area contributed by atoms with Gasteiger partial charge in [0.1, 0.15) is 4.32 Å². The first-order chi connectivity index (χ1) is 17.5. The summed E-state index contributed by atoms with van der Waals surface area (Å²) in [5, 5.41) is 9.35. The Morgan fingerprint density at radius 3 is 2.53 bits per heavy atom. The number of aliphatic hydroxyl groups excluding tert-OH is 1. The predicted octanol–water partition coefficient (Wildman–Crippen LogP) is 4.49. The molecule has 0 aromatic heterocycles.